The standard InChI is InChI=1S/C14H15NO5/c1-3-4-12(13(16)17)15-14(18)20-9-10-5-7-11(19-2)8-6-10/h1,5-8,12H,4,9H2,2H3,(H,15,18)(H,16,17). The molecule has 0 aromatic heterocycles. The number of carboxylic acid groups (broad SMARTS) is 1. The molecule has 0 radical (unpaired) electrons. The van der Waals surface area contributed by atoms with Gasteiger partial charge >= 0.3 is 12.1 Å². The number of methoxy groups -OCH3 is 1. The van der Waals surface area contributed by atoms with E-state index in [9.17, 15) is 9.59 Å². The molecule has 0 fully saturated rings. The topological polar surface area (TPSA) is 84.9 Å². The molecule has 0 aliphatic carbocycles. The normalized spacial score (nSPS) is 11.0. The van der Waals surface area contributed by atoms with Crippen LogP contribution in [0.25, 0.3) is 0 Å². The summed E-state index contributed by atoms with van der Waals surface area (Å²) < 4.78 is 9.90. The lowest BCUT2D eigenvalue weighted by Gasteiger charge is -2.12. The summed E-state index contributed by atoms with van der Waals surface area (Å²) in [5.41, 5.74) is 0.754. The molecule has 1 atom stereocenters. The van der Waals surface area contributed by atoms with E-state index in [-0.39, 0.29) is 13.0 Å². The molecule has 0 aliphatic heterocycles. The van der Waals surface area contributed by atoms with Gasteiger partial charge in [-0.05, 0) is 17.7 Å². The molecule has 0 saturated carbocycles. The molecule has 2 N–H and O–H groups in total. The van der Waals surface area contributed by atoms with Crippen molar-refractivity contribution in [2.75, 3.05) is 7.11 Å². The van der Waals surface area contributed by atoms with Crippen molar-refractivity contribution in [1.82, 2.24) is 5.32 Å². The molecule has 0 heterocycles. The summed E-state index contributed by atoms with van der Waals surface area (Å²) in [6.45, 7) is 0.0260. The Kier molecular flexibility index (Phi) is 5.91. The van der Waals surface area contributed by atoms with Crippen molar-refractivity contribution in [3.8, 4) is 18.1 Å². The number of terminal acetylenes is 1. The average Bonchev–Trinajstić information content (AvgIpc) is 2.45. The summed E-state index contributed by atoms with van der Waals surface area (Å²) in [6, 6.07) is 5.79. The van der Waals surface area contributed by atoms with Crippen molar-refractivity contribution in [3.63, 3.8) is 0 Å². The van der Waals surface area contributed by atoms with Gasteiger partial charge in [0, 0.05) is 6.42 Å². The van der Waals surface area contributed by atoms with Crippen LogP contribution in [-0.4, -0.2) is 30.3 Å². The van der Waals surface area contributed by atoms with Crippen molar-refractivity contribution in [1.29, 1.82) is 0 Å². The zero-order valence-corrected chi connectivity index (χ0v) is 11.0. The van der Waals surface area contributed by atoms with E-state index in [0.717, 1.165) is 5.56 Å². The zero-order chi connectivity index (χ0) is 15.0. The summed E-state index contributed by atoms with van der Waals surface area (Å²) in [5.74, 6) is 1.66. The Hall–Kier alpha value is -2.68. The molecule has 1 aromatic rings. The maximum absolute atomic E-state index is 11.4. The molecule has 20 heavy (non-hydrogen) atoms. The highest BCUT2D eigenvalue weighted by Gasteiger charge is 2.19. The predicted molar refractivity (Wildman–Crippen MR) is 71.2 cm³/mol. The second-order valence-electron chi connectivity index (χ2n) is 3.87. The van der Waals surface area contributed by atoms with Crippen LogP contribution in [0.3, 0.4) is 0 Å². The summed E-state index contributed by atoms with van der Waals surface area (Å²) in [6.07, 6.45) is 4.08. The molecule has 0 bridgehead atoms. The Balaban J connectivity index is 2.46. The molecule has 6 heteroatoms. The second kappa shape index (κ2) is 7.69. The van der Waals surface area contributed by atoms with Gasteiger partial charge in [0.2, 0.25) is 0 Å². The number of rotatable bonds is 6. The number of carboxylic acids is 1. The first-order valence-corrected chi connectivity index (χ1v) is 5.79. The Morgan fingerprint density at radius 1 is 1.40 bits per heavy atom. The lowest BCUT2D eigenvalue weighted by atomic mass is 10.2. The van der Waals surface area contributed by atoms with Gasteiger partial charge in [0.25, 0.3) is 0 Å². The number of benzene rings is 1. The van der Waals surface area contributed by atoms with E-state index in [0.29, 0.717) is 5.75 Å². The van der Waals surface area contributed by atoms with Gasteiger partial charge in [-0.15, -0.1) is 12.3 Å². The number of carbonyl (C=O) groups excluding carboxylic acids is 1. The lowest BCUT2D eigenvalue weighted by Crippen LogP contribution is -2.40. The molecule has 1 unspecified atom stereocenters. The van der Waals surface area contributed by atoms with Crippen LogP contribution >= 0.6 is 0 Å². The largest absolute Gasteiger partial charge is 0.497 e. The molecular weight excluding hydrogens is 262 g/mol. The Morgan fingerprint density at radius 2 is 2.05 bits per heavy atom. The Morgan fingerprint density at radius 3 is 2.55 bits per heavy atom. The number of hydrogen-bond donors (Lipinski definition) is 2. The van der Waals surface area contributed by atoms with Crippen molar-refractivity contribution in [2.45, 2.75) is 19.1 Å². The zero-order valence-electron chi connectivity index (χ0n) is 11.0. The fourth-order valence-electron chi connectivity index (χ4n) is 1.37. The highest BCUT2D eigenvalue weighted by Crippen LogP contribution is 2.11. The third-order valence-corrected chi connectivity index (χ3v) is 2.44. The fraction of sp³-hybridized carbons (Fsp3) is 0.286. The van der Waals surface area contributed by atoms with E-state index in [1.165, 1.54) is 0 Å². The molecule has 0 aliphatic rings. The van der Waals surface area contributed by atoms with Gasteiger partial charge in [0.1, 0.15) is 18.4 Å². The quantitative estimate of drug-likeness (QED) is 0.768. The molecule has 1 amide bonds. The van der Waals surface area contributed by atoms with Crippen molar-refractivity contribution >= 4 is 12.1 Å². The van der Waals surface area contributed by atoms with Crippen LogP contribution in [0.2, 0.25) is 0 Å². The van der Waals surface area contributed by atoms with Gasteiger partial charge in [0.05, 0.1) is 7.11 Å². The van der Waals surface area contributed by atoms with E-state index in [1.807, 2.05) is 0 Å². The number of carbonyl (C=O) groups is 2. The van der Waals surface area contributed by atoms with E-state index >= 15 is 0 Å². The SMILES string of the molecule is C#CCC(NC(=O)OCc1ccc(OC)cc1)C(=O)O. The van der Waals surface area contributed by atoms with Gasteiger partial charge in [-0.2, -0.15) is 0 Å². The summed E-state index contributed by atoms with van der Waals surface area (Å²) in [4.78, 5) is 22.2. The first-order valence-electron chi connectivity index (χ1n) is 5.79. The highest BCUT2D eigenvalue weighted by molar-refractivity contribution is 5.80. The number of aliphatic carboxylic acids is 1. The molecule has 106 valence electrons. The fourth-order valence-corrected chi connectivity index (χ4v) is 1.37. The molecule has 0 spiro atoms. The van der Waals surface area contributed by atoms with Crippen LogP contribution in [0.15, 0.2) is 24.3 Å². The van der Waals surface area contributed by atoms with Crippen LogP contribution in [0.1, 0.15) is 12.0 Å². The Bertz CT molecular complexity index is 503. The van der Waals surface area contributed by atoms with Gasteiger partial charge in [-0.3, -0.25) is 0 Å². The van der Waals surface area contributed by atoms with Gasteiger partial charge in [-0.1, -0.05) is 12.1 Å². The summed E-state index contributed by atoms with van der Waals surface area (Å²) >= 11 is 0. The monoisotopic (exact) mass is 277 g/mol. The molecule has 6 nitrogen and oxygen atoms in total. The number of ether oxygens (including phenoxy) is 2. The predicted octanol–water partition coefficient (Wildman–Crippen LogP) is 1.40. The molecule has 0 saturated heterocycles. The highest BCUT2D eigenvalue weighted by atomic mass is 16.5. The van der Waals surface area contributed by atoms with Gasteiger partial charge in [-0.25, -0.2) is 9.59 Å². The van der Waals surface area contributed by atoms with Crippen molar-refractivity contribution in [2.24, 2.45) is 0 Å². The van der Waals surface area contributed by atoms with Crippen LogP contribution in [0.5, 0.6) is 5.75 Å². The smallest absolute Gasteiger partial charge is 0.408 e. The van der Waals surface area contributed by atoms with Crippen molar-refractivity contribution < 1.29 is 24.2 Å². The van der Waals surface area contributed by atoms with Crippen LogP contribution in [-0.2, 0) is 16.1 Å². The minimum atomic E-state index is -1.20. The third-order valence-electron chi connectivity index (χ3n) is 2.44. The molecular formula is C14H15NO5. The van der Waals surface area contributed by atoms with Crippen molar-refractivity contribution in [3.05, 3.63) is 29.8 Å². The summed E-state index contributed by atoms with van der Waals surface area (Å²) in [5, 5.41) is 11.0. The Labute approximate surface area is 116 Å². The maximum atomic E-state index is 11.4. The van der Waals surface area contributed by atoms with E-state index in [4.69, 9.17) is 21.0 Å². The third kappa shape index (κ3) is 4.90. The maximum Gasteiger partial charge on any atom is 0.408 e. The van der Waals surface area contributed by atoms with Crippen LogP contribution in [0.4, 0.5) is 4.79 Å². The molecule has 1 aromatic carbocycles. The van der Waals surface area contributed by atoms with Gasteiger partial charge in [0.15, 0.2) is 0 Å². The minimum absolute atomic E-state index is 0.0260. The summed E-state index contributed by atoms with van der Waals surface area (Å²) in [7, 11) is 1.55. The number of amides is 1. The van der Waals surface area contributed by atoms with Crippen LogP contribution in [0, 0.1) is 12.3 Å². The first kappa shape index (κ1) is 15.4. The second-order valence-corrected chi connectivity index (χ2v) is 3.87. The molecule has 1 rings (SSSR count). The minimum Gasteiger partial charge on any atom is -0.497 e. The number of nitrogens with one attached hydrogen (secondary N) is 1. The average molecular weight is 277 g/mol. The van der Waals surface area contributed by atoms with E-state index < -0.39 is 18.1 Å². The number of hydrogen-bond acceptors (Lipinski definition) is 4. The van der Waals surface area contributed by atoms with E-state index in [2.05, 4.69) is 11.2 Å². The lowest BCUT2D eigenvalue weighted by molar-refractivity contribution is -0.139. The van der Waals surface area contributed by atoms with Crippen LogP contribution < -0.4 is 10.1 Å². The number of alkyl carbamates (subject to hydrolysis) is 1. The van der Waals surface area contributed by atoms with Gasteiger partial charge < -0.3 is 19.9 Å². The van der Waals surface area contributed by atoms with E-state index in [1.54, 1.807) is 31.4 Å². The first-order chi connectivity index (χ1) is 9.56.